The van der Waals surface area contributed by atoms with Crippen molar-refractivity contribution in [1.29, 1.82) is 0 Å². The van der Waals surface area contributed by atoms with Crippen LogP contribution in [0.5, 0.6) is 0 Å². The van der Waals surface area contributed by atoms with Crippen LogP contribution in [-0.2, 0) is 7.05 Å². The molecule has 0 aliphatic rings. The molecule has 0 aromatic carbocycles. The van der Waals surface area contributed by atoms with Crippen molar-refractivity contribution in [2.45, 2.75) is 6.92 Å². The molecule has 0 saturated heterocycles. The van der Waals surface area contributed by atoms with E-state index in [2.05, 4.69) is 0 Å². The molecule has 0 aliphatic heterocycles. The van der Waals surface area contributed by atoms with Gasteiger partial charge >= 0.3 is 0 Å². The predicted octanol–water partition coefficient (Wildman–Crippen LogP) is 1.49. The number of aryl methyl sites for hydroxylation is 2. The molecule has 0 atom stereocenters. The van der Waals surface area contributed by atoms with Crippen molar-refractivity contribution < 1.29 is 0 Å². The fourth-order valence-electron chi connectivity index (χ4n) is 1.47. The predicted molar refractivity (Wildman–Crippen MR) is 56.2 cm³/mol. The van der Waals surface area contributed by atoms with Gasteiger partial charge in [0.05, 0.1) is 11.1 Å². The minimum atomic E-state index is -0.0145. The van der Waals surface area contributed by atoms with Crippen LogP contribution < -0.4 is 11.3 Å². The van der Waals surface area contributed by atoms with Crippen LogP contribution >= 0.6 is 11.3 Å². The SMILES string of the molecule is Cc1cn(C)c(=O)c2c(N)csc12. The number of nitrogen functional groups attached to an aromatic ring is 1. The second-order valence-corrected chi connectivity index (χ2v) is 4.00. The fraction of sp³-hybridized carbons (Fsp3) is 0.222. The van der Waals surface area contributed by atoms with Gasteiger partial charge in [-0.25, -0.2) is 0 Å². The Kier molecular flexibility index (Phi) is 1.66. The molecule has 2 heterocycles. The third-order valence-electron chi connectivity index (χ3n) is 2.10. The van der Waals surface area contributed by atoms with Gasteiger partial charge in [-0.3, -0.25) is 4.79 Å². The molecule has 0 unspecified atom stereocenters. The van der Waals surface area contributed by atoms with Crippen LogP contribution in [0.2, 0.25) is 0 Å². The molecular weight excluding hydrogens is 184 g/mol. The molecule has 13 heavy (non-hydrogen) atoms. The lowest BCUT2D eigenvalue weighted by Crippen LogP contribution is -2.16. The Hall–Kier alpha value is -1.29. The third-order valence-corrected chi connectivity index (χ3v) is 3.23. The van der Waals surface area contributed by atoms with E-state index in [-0.39, 0.29) is 5.56 Å². The zero-order valence-corrected chi connectivity index (χ0v) is 8.31. The molecule has 3 nitrogen and oxygen atoms in total. The van der Waals surface area contributed by atoms with Gasteiger partial charge in [-0.1, -0.05) is 0 Å². The number of nitrogens with zero attached hydrogens (tertiary/aromatic N) is 1. The normalized spacial score (nSPS) is 10.9. The first-order chi connectivity index (χ1) is 6.11. The maximum absolute atomic E-state index is 11.7. The average Bonchev–Trinajstić information content (AvgIpc) is 2.44. The molecule has 0 amide bonds. The van der Waals surface area contributed by atoms with Gasteiger partial charge in [0.2, 0.25) is 0 Å². The average molecular weight is 194 g/mol. The molecule has 4 heteroatoms. The van der Waals surface area contributed by atoms with Gasteiger partial charge in [-0.05, 0) is 12.5 Å². The highest BCUT2D eigenvalue weighted by atomic mass is 32.1. The van der Waals surface area contributed by atoms with Crippen LogP contribution in [0.15, 0.2) is 16.4 Å². The first kappa shape index (κ1) is 8.31. The second kappa shape index (κ2) is 2.60. The van der Waals surface area contributed by atoms with Gasteiger partial charge in [0.25, 0.3) is 5.56 Å². The molecular formula is C9H10N2OS. The van der Waals surface area contributed by atoms with Gasteiger partial charge in [-0.2, -0.15) is 0 Å². The van der Waals surface area contributed by atoms with Gasteiger partial charge in [0.1, 0.15) is 0 Å². The van der Waals surface area contributed by atoms with E-state index >= 15 is 0 Å². The van der Waals surface area contributed by atoms with Crippen molar-refractivity contribution in [3.63, 3.8) is 0 Å². The molecule has 2 rings (SSSR count). The van der Waals surface area contributed by atoms with E-state index in [0.717, 1.165) is 10.3 Å². The summed E-state index contributed by atoms with van der Waals surface area (Å²) in [7, 11) is 1.74. The number of hydrogen-bond acceptors (Lipinski definition) is 3. The Morgan fingerprint density at radius 2 is 2.23 bits per heavy atom. The highest BCUT2D eigenvalue weighted by Gasteiger charge is 2.08. The lowest BCUT2D eigenvalue weighted by Gasteiger charge is -2.00. The summed E-state index contributed by atoms with van der Waals surface area (Å²) in [6.45, 7) is 1.98. The summed E-state index contributed by atoms with van der Waals surface area (Å²) in [6, 6.07) is 0. The van der Waals surface area contributed by atoms with Crippen molar-refractivity contribution in [3.8, 4) is 0 Å². The highest BCUT2D eigenvalue weighted by Crippen LogP contribution is 2.27. The monoisotopic (exact) mass is 194 g/mol. The summed E-state index contributed by atoms with van der Waals surface area (Å²) in [5, 5.41) is 2.48. The van der Waals surface area contributed by atoms with E-state index in [0.29, 0.717) is 11.1 Å². The first-order valence-electron chi connectivity index (χ1n) is 3.94. The van der Waals surface area contributed by atoms with Crippen LogP contribution in [0.3, 0.4) is 0 Å². The van der Waals surface area contributed by atoms with E-state index in [1.165, 1.54) is 11.3 Å². The lowest BCUT2D eigenvalue weighted by molar-refractivity contribution is 0.867. The zero-order chi connectivity index (χ0) is 9.59. The molecule has 0 spiro atoms. The van der Waals surface area contributed by atoms with Crippen molar-refractivity contribution in [3.05, 3.63) is 27.5 Å². The number of pyridine rings is 1. The Bertz CT molecular complexity index is 524. The summed E-state index contributed by atoms with van der Waals surface area (Å²) in [6.07, 6.45) is 1.83. The number of rotatable bonds is 0. The molecule has 2 aromatic heterocycles. The van der Waals surface area contributed by atoms with Crippen molar-refractivity contribution >= 4 is 27.1 Å². The van der Waals surface area contributed by atoms with Crippen LogP contribution in [0, 0.1) is 6.92 Å². The fourth-order valence-corrected chi connectivity index (χ4v) is 2.39. The molecule has 0 radical (unpaired) electrons. The number of anilines is 1. The largest absolute Gasteiger partial charge is 0.397 e. The topological polar surface area (TPSA) is 48.0 Å². The number of aromatic nitrogens is 1. The molecule has 2 aromatic rings. The summed E-state index contributed by atoms with van der Waals surface area (Å²) in [4.78, 5) is 11.7. The van der Waals surface area contributed by atoms with Gasteiger partial charge < -0.3 is 10.3 Å². The van der Waals surface area contributed by atoms with E-state index in [1.807, 2.05) is 18.5 Å². The van der Waals surface area contributed by atoms with Gasteiger partial charge in [0.15, 0.2) is 0 Å². The Morgan fingerprint density at radius 3 is 2.92 bits per heavy atom. The molecule has 0 aliphatic carbocycles. The maximum atomic E-state index is 11.7. The van der Waals surface area contributed by atoms with Crippen LogP contribution in [-0.4, -0.2) is 4.57 Å². The smallest absolute Gasteiger partial charge is 0.261 e. The number of nitrogens with two attached hydrogens (primary N) is 1. The van der Waals surface area contributed by atoms with E-state index in [4.69, 9.17) is 5.73 Å². The Balaban J connectivity index is 3.10. The highest BCUT2D eigenvalue weighted by molar-refractivity contribution is 7.18. The van der Waals surface area contributed by atoms with Crippen LogP contribution in [0.1, 0.15) is 5.56 Å². The summed E-state index contributed by atoms with van der Waals surface area (Å²) in [5.41, 5.74) is 7.38. The molecule has 68 valence electrons. The Morgan fingerprint density at radius 1 is 1.54 bits per heavy atom. The minimum absolute atomic E-state index is 0.0145. The third kappa shape index (κ3) is 1.06. The standard InChI is InChI=1S/C9H10N2OS/c1-5-3-11(2)9(12)7-6(10)4-13-8(5)7/h3-4H,10H2,1-2H3. The number of hydrogen-bond donors (Lipinski definition) is 1. The molecule has 2 N–H and O–H groups in total. The summed E-state index contributed by atoms with van der Waals surface area (Å²) < 4.78 is 2.57. The van der Waals surface area contributed by atoms with E-state index in [1.54, 1.807) is 11.6 Å². The van der Waals surface area contributed by atoms with Crippen molar-refractivity contribution in [2.75, 3.05) is 5.73 Å². The molecule has 0 bridgehead atoms. The van der Waals surface area contributed by atoms with Gasteiger partial charge in [0, 0.05) is 23.3 Å². The molecule has 0 saturated carbocycles. The van der Waals surface area contributed by atoms with E-state index in [9.17, 15) is 4.79 Å². The van der Waals surface area contributed by atoms with Crippen molar-refractivity contribution in [1.82, 2.24) is 4.57 Å². The van der Waals surface area contributed by atoms with E-state index < -0.39 is 0 Å². The Labute approximate surface area is 79.4 Å². The van der Waals surface area contributed by atoms with Crippen molar-refractivity contribution in [2.24, 2.45) is 7.05 Å². The summed E-state index contributed by atoms with van der Waals surface area (Å²) in [5.74, 6) is 0. The zero-order valence-electron chi connectivity index (χ0n) is 7.50. The lowest BCUT2D eigenvalue weighted by atomic mass is 10.2. The van der Waals surface area contributed by atoms with Crippen LogP contribution in [0.25, 0.3) is 10.1 Å². The summed E-state index contributed by atoms with van der Waals surface area (Å²) >= 11 is 1.53. The second-order valence-electron chi connectivity index (χ2n) is 3.12. The number of thiophene rings is 1. The quantitative estimate of drug-likeness (QED) is 0.690. The van der Waals surface area contributed by atoms with Crippen LogP contribution in [0.4, 0.5) is 5.69 Å². The first-order valence-corrected chi connectivity index (χ1v) is 4.82. The van der Waals surface area contributed by atoms with Gasteiger partial charge in [-0.15, -0.1) is 11.3 Å². The number of fused-ring (bicyclic) bond motifs is 1. The minimum Gasteiger partial charge on any atom is -0.397 e. The molecule has 0 fully saturated rings. The maximum Gasteiger partial charge on any atom is 0.261 e.